The zero-order valence-electron chi connectivity index (χ0n) is 11.6. The zero-order chi connectivity index (χ0) is 15.3. The number of rotatable bonds is 1. The molecule has 108 valence electrons. The van der Waals surface area contributed by atoms with Gasteiger partial charge in [0.15, 0.2) is 0 Å². The molecule has 0 saturated carbocycles. The van der Waals surface area contributed by atoms with Crippen LogP contribution in [0.3, 0.4) is 0 Å². The summed E-state index contributed by atoms with van der Waals surface area (Å²) in [6.07, 6.45) is 1.70. The molecule has 4 rings (SSSR count). The molecule has 0 aliphatic heterocycles. The summed E-state index contributed by atoms with van der Waals surface area (Å²) in [5.74, 6) is 0. The molecule has 0 bridgehead atoms. The lowest BCUT2D eigenvalue weighted by molar-refractivity contribution is 0.815. The molecule has 0 amide bonds. The van der Waals surface area contributed by atoms with E-state index in [2.05, 4.69) is 26.0 Å². The third-order valence-electron chi connectivity index (χ3n) is 3.52. The first-order chi connectivity index (χ1) is 10.6. The second kappa shape index (κ2) is 5.00. The van der Waals surface area contributed by atoms with Crippen LogP contribution in [0.15, 0.2) is 51.9 Å². The number of nitrogens with zero attached hydrogens (tertiary/aromatic N) is 3. The van der Waals surface area contributed by atoms with Gasteiger partial charge in [0.1, 0.15) is 0 Å². The molecule has 22 heavy (non-hydrogen) atoms. The Bertz CT molecular complexity index is 1080. The van der Waals surface area contributed by atoms with Crippen LogP contribution in [0.5, 0.6) is 0 Å². The predicted octanol–water partition coefficient (Wildman–Crippen LogP) is 4.07. The summed E-state index contributed by atoms with van der Waals surface area (Å²) in [6.45, 7) is 2.01. The number of fused-ring (bicyclic) bond motifs is 2. The molecule has 0 fully saturated rings. The van der Waals surface area contributed by atoms with Crippen LogP contribution in [0.2, 0.25) is 0 Å². The maximum atomic E-state index is 12.6. The van der Waals surface area contributed by atoms with Gasteiger partial charge in [0.05, 0.1) is 21.8 Å². The van der Waals surface area contributed by atoms with Crippen molar-refractivity contribution in [2.45, 2.75) is 6.92 Å². The Hall–Kier alpha value is -2.05. The lowest BCUT2D eigenvalue weighted by Crippen LogP contribution is -2.20. The molecule has 2 aromatic carbocycles. The molecular formula is C16H10BrN3OS. The monoisotopic (exact) mass is 371 g/mol. The van der Waals surface area contributed by atoms with Crippen molar-refractivity contribution >= 4 is 48.3 Å². The van der Waals surface area contributed by atoms with Crippen molar-refractivity contribution in [2.75, 3.05) is 0 Å². The number of aryl methyl sites for hydroxylation is 1. The van der Waals surface area contributed by atoms with Crippen molar-refractivity contribution in [3.05, 3.63) is 63.0 Å². The van der Waals surface area contributed by atoms with Gasteiger partial charge in [0.2, 0.25) is 5.13 Å². The molecule has 0 spiro atoms. The smallest absolute Gasteiger partial charge is 0.267 e. The summed E-state index contributed by atoms with van der Waals surface area (Å²) in [7, 11) is 0. The molecule has 0 N–H and O–H groups in total. The largest absolute Gasteiger partial charge is 0.281 e. The Morgan fingerprint density at radius 1 is 1.23 bits per heavy atom. The van der Waals surface area contributed by atoms with E-state index in [-0.39, 0.29) is 5.56 Å². The van der Waals surface area contributed by atoms with E-state index in [4.69, 9.17) is 0 Å². The number of benzene rings is 2. The summed E-state index contributed by atoms with van der Waals surface area (Å²) in [4.78, 5) is 17.2. The fourth-order valence-corrected chi connectivity index (χ4v) is 4.22. The maximum absolute atomic E-state index is 12.6. The van der Waals surface area contributed by atoms with Gasteiger partial charge in [-0.3, -0.25) is 4.79 Å². The summed E-state index contributed by atoms with van der Waals surface area (Å²) >= 11 is 4.95. The molecular weight excluding hydrogens is 362 g/mol. The Kier molecular flexibility index (Phi) is 3.09. The quantitative estimate of drug-likeness (QED) is 0.506. The Morgan fingerprint density at radius 2 is 2.05 bits per heavy atom. The molecule has 6 heteroatoms. The Labute approximate surface area is 138 Å². The number of hydrogen-bond donors (Lipinski definition) is 0. The number of thiazole rings is 1. The molecule has 0 atom stereocenters. The van der Waals surface area contributed by atoms with E-state index in [0.717, 1.165) is 25.6 Å². The van der Waals surface area contributed by atoms with Crippen molar-refractivity contribution in [3.63, 3.8) is 0 Å². The first-order valence-corrected chi connectivity index (χ1v) is 8.28. The van der Waals surface area contributed by atoms with Gasteiger partial charge in [-0.05, 0) is 30.7 Å². The van der Waals surface area contributed by atoms with Crippen LogP contribution in [0.4, 0.5) is 0 Å². The van der Waals surface area contributed by atoms with E-state index >= 15 is 0 Å². The minimum absolute atomic E-state index is 0.145. The van der Waals surface area contributed by atoms with Gasteiger partial charge < -0.3 is 0 Å². The van der Waals surface area contributed by atoms with Crippen molar-refractivity contribution in [2.24, 2.45) is 0 Å². The van der Waals surface area contributed by atoms with Crippen LogP contribution in [0, 0.1) is 6.92 Å². The van der Waals surface area contributed by atoms with Gasteiger partial charge in [0.25, 0.3) is 5.56 Å². The average Bonchev–Trinajstić information content (AvgIpc) is 2.92. The molecule has 0 unspecified atom stereocenters. The highest BCUT2D eigenvalue weighted by Gasteiger charge is 2.12. The van der Waals surface area contributed by atoms with Gasteiger partial charge in [0, 0.05) is 9.86 Å². The van der Waals surface area contributed by atoms with E-state index in [1.807, 2.05) is 43.3 Å². The molecule has 4 aromatic rings. The van der Waals surface area contributed by atoms with Gasteiger partial charge in [-0.25, -0.2) is 4.98 Å². The van der Waals surface area contributed by atoms with Crippen LogP contribution < -0.4 is 5.56 Å². The van der Waals surface area contributed by atoms with Crippen LogP contribution in [0.25, 0.3) is 26.1 Å². The lowest BCUT2D eigenvalue weighted by atomic mass is 10.2. The molecule has 2 aromatic heterocycles. The Balaban J connectivity index is 2.01. The fraction of sp³-hybridized carbons (Fsp3) is 0.0625. The first kappa shape index (κ1) is 13.6. The predicted molar refractivity (Wildman–Crippen MR) is 93.0 cm³/mol. The maximum Gasteiger partial charge on any atom is 0.281 e. The summed E-state index contributed by atoms with van der Waals surface area (Å²) in [6, 6.07) is 11.5. The Morgan fingerprint density at radius 3 is 2.91 bits per heavy atom. The SMILES string of the molecule is Cc1cc(Br)cc2sc(-n3ncc4ccccc4c3=O)nc12. The van der Waals surface area contributed by atoms with E-state index in [1.54, 1.807) is 6.20 Å². The topological polar surface area (TPSA) is 47.8 Å². The molecule has 0 aliphatic rings. The fourth-order valence-electron chi connectivity index (χ4n) is 2.46. The van der Waals surface area contributed by atoms with Crippen LogP contribution >= 0.6 is 27.3 Å². The molecule has 4 nitrogen and oxygen atoms in total. The third-order valence-corrected chi connectivity index (χ3v) is 4.95. The highest BCUT2D eigenvalue weighted by atomic mass is 79.9. The van der Waals surface area contributed by atoms with Crippen molar-refractivity contribution in [3.8, 4) is 5.13 Å². The summed E-state index contributed by atoms with van der Waals surface area (Å²) in [5.41, 5.74) is 1.83. The van der Waals surface area contributed by atoms with Gasteiger partial charge >= 0.3 is 0 Å². The average molecular weight is 372 g/mol. The van der Waals surface area contributed by atoms with Gasteiger partial charge in [-0.15, -0.1) is 0 Å². The third kappa shape index (κ3) is 2.07. The zero-order valence-corrected chi connectivity index (χ0v) is 14.0. The summed E-state index contributed by atoms with van der Waals surface area (Å²) < 4.78 is 3.41. The molecule has 2 heterocycles. The van der Waals surface area contributed by atoms with Gasteiger partial charge in [-0.2, -0.15) is 9.78 Å². The second-order valence-corrected chi connectivity index (χ2v) is 6.94. The summed E-state index contributed by atoms with van der Waals surface area (Å²) in [5, 5.41) is 6.34. The minimum Gasteiger partial charge on any atom is -0.267 e. The highest BCUT2D eigenvalue weighted by molar-refractivity contribution is 9.10. The van der Waals surface area contributed by atoms with E-state index in [9.17, 15) is 4.79 Å². The van der Waals surface area contributed by atoms with Gasteiger partial charge in [-0.1, -0.05) is 45.5 Å². The van der Waals surface area contributed by atoms with Crippen LogP contribution in [-0.4, -0.2) is 14.8 Å². The number of hydrogen-bond acceptors (Lipinski definition) is 4. The standard InChI is InChI=1S/C16H10BrN3OS/c1-9-6-11(17)7-13-14(9)19-16(22-13)20-15(21)12-5-3-2-4-10(12)8-18-20/h2-8H,1H3. The van der Waals surface area contributed by atoms with Crippen LogP contribution in [-0.2, 0) is 0 Å². The van der Waals surface area contributed by atoms with E-state index in [0.29, 0.717) is 10.5 Å². The first-order valence-electron chi connectivity index (χ1n) is 6.67. The lowest BCUT2D eigenvalue weighted by Gasteiger charge is -2.01. The van der Waals surface area contributed by atoms with Crippen LogP contribution in [0.1, 0.15) is 5.56 Å². The number of aromatic nitrogens is 3. The van der Waals surface area contributed by atoms with Crippen molar-refractivity contribution in [1.82, 2.24) is 14.8 Å². The minimum atomic E-state index is -0.145. The molecule has 0 radical (unpaired) electrons. The normalized spacial score (nSPS) is 11.4. The molecule has 0 saturated heterocycles. The second-order valence-electron chi connectivity index (χ2n) is 5.01. The number of halogens is 1. The van der Waals surface area contributed by atoms with E-state index < -0.39 is 0 Å². The van der Waals surface area contributed by atoms with Crippen molar-refractivity contribution < 1.29 is 0 Å². The van der Waals surface area contributed by atoms with E-state index in [1.165, 1.54) is 16.0 Å². The van der Waals surface area contributed by atoms with Crippen molar-refractivity contribution in [1.29, 1.82) is 0 Å². The highest BCUT2D eigenvalue weighted by Crippen LogP contribution is 2.29. The molecule has 0 aliphatic carbocycles.